The zero-order valence-electron chi connectivity index (χ0n) is 19.8. The summed E-state index contributed by atoms with van der Waals surface area (Å²) in [7, 11) is 0. The van der Waals surface area contributed by atoms with Crippen LogP contribution in [0.2, 0.25) is 0 Å². The quantitative estimate of drug-likeness (QED) is 0.294. The number of nitrogens with zero attached hydrogens (tertiary/aromatic N) is 1. The fourth-order valence-corrected chi connectivity index (χ4v) is 3.40. The van der Waals surface area contributed by atoms with Crippen LogP contribution >= 0.6 is 0 Å². The Morgan fingerprint density at radius 2 is 1.82 bits per heavy atom. The first-order valence-electron chi connectivity index (χ1n) is 11.3. The van der Waals surface area contributed by atoms with Crippen LogP contribution in [-0.4, -0.2) is 49.9 Å². The molecule has 1 fully saturated rings. The average molecular weight is 531 g/mol. The van der Waals surface area contributed by atoms with Crippen LogP contribution in [0.1, 0.15) is 56.6 Å². The Balaban J connectivity index is 0.00000544. The molecule has 2 amide bonds. The number of amides is 2. The van der Waals surface area contributed by atoms with Crippen LogP contribution in [0.25, 0.3) is 5.32 Å². The number of Topliss-reactive ketones (excluding diaryl/α,β-unsaturated/α-hetero) is 2. The van der Waals surface area contributed by atoms with Gasteiger partial charge in [0, 0.05) is 25.8 Å². The van der Waals surface area contributed by atoms with E-state index in [1.807, 2.05) is 31.2 Å². The third-order valence-corrected chi connectivity index (χ3v) is 5.19. The van der Waals surface area contributed by atoms with Gasteiger partial charge in [0.2, 0.25) is 0 Å². The number of hydrogen-bond donors (Lipinski definition) is 1. The molecule has 1 saturated carbocycles. The van der Waals surface area contributed by atoms with Gasteiger partial charge in [-0.2, -0.15) is 0 Å². The monoisotopic (exact) mass is 530 g/mol. The molecule has 0 spiro atoms. The Labute approximate surface area is 244 Å². The van der Waals surface area contributed by atoms with Gasteiger partial charge in [0.05, 0.1) is 31.6 Å². The van der Waals surface area contributed by atoms with Crippen LogP contribution in [0.5, 0.6) is 0 Å². The van der Waals surface area contributed by atoms with Crippen LogP contribution in [0.4, 0.5) is 4.79 Å². The second-order valence-corrected chi connectivity index (χ2v) is 7.90. The molecule has 8 nitrogen and oxygen atoms in total. The number of ether oxygens (including phenoxy) is 2. The average Bonchev–Trinajstić information content (AvgIpc) is 2.79. The van der Waals surface area contributed by atoms with Crippen molar-refractivity contribution in [2.75, 3.05) is 26.4 Å². The molecule has 1 aromatic carbocycles. The van der Waals surface area contributed by atoms with Gasteiger partial charge in [0.1, 0.15) is 11.6 Å². The molecule has 0 aromatic heterocycles. The van der Waals surface area contributed by atoms with Crippen molar-refractivity contribution >= 4 is 23.6 Å². The second kappa shape index (κ2) is 17.5. The number of alkyl carbamates (subject to hydrolysis) is 1. The molecule has 0 aliphatic heterocycles. The summed E-state index contributed by atoms with van der Waals surface area (Å²) in [6.07, 6.45) is 4.15. The summed E-state index contributed by atoms with van der Waals surface area (Å²) >= 11 is 0. The van der Waals surface area contributed by atoms with Gasteiger partial charge in [0.15, 0.2) is 0 Å². The summed E-state index contributed by atoms with van der Waals surface area (Å²) in [6.45, 7) is 3.17. The van der Waals surface area contributed by atoms with Crippen molar-refractivity contribution in [3.8, 4) is 0 Å². The van der Waals surface area contributed by atoms with E-state index in [9.17, 15) is 19.2 Å². The Morgan fingerprint density at radius 3 is 2.52 bits per heavy atom. The van der Waals surface area contributed by atoms with E-state index >= 15 is 0 Å². The van der Waals surface area contributed by atoms with Gasteiger partial charge in [-0.15, -0.1) is 6.54 Å². The van der Waals surface area contributed by atoms with Crippen LogP contribution in [0.15, 0.2) is 24.3 Å². The fraction of sp³-hybridized carbons (Fsp3) is 0.583. The van der Waals surface area contributed by atoms with Crippen LogP contribution in [0, 0.1) is 5.92 Å². The molecule has 2 rings (SSSR count). The number of carbonyl (C=O) groups excluding carboxylic acids is 4. The number of carbonyl (C=O) groups is 4. The summed E-state index contributed by atoms with van der Waals surface area (Å²) < 4.78 is 10.2. The molecule has 1 unspecified atom stereocenters. The van der Waals surface area contributed by atoms with Gasteiger partial charge < -0.3 is 24.9 Å². The van der Waals surface area contributed by atoms with E-state index in [-0.39, 0.29) is 102 Å². The SMILES string of the molecule is CCCNC(=O)OCCCOCC(=O)[N-]Cc1ccc(CC(=O)C2CCCCC2=O)cc1.[Rb+]. The van der Waals surface area contributed by atoms with E-state index in [1.165, 1.54) is 0 Å². The maximum Gasteiger partial charge on any atom is 1.00 e. The normalized spacial score (nSPS) is 15.3. The van der Waals surface area contributed by atoms with Crippen LogP contribution in [0.3, 0.4) is 0 Å². The standard InChI is InChI=1S/C24H34N2O6.Rb/c1-2-12-25-24(30)32-14-5-13-31-17-23(29)26-16-19-10-8-18(9-11-19)15-22(28)20-6-3-4-7-21(20)27;/h8-11,20H,2-7,12-17H2,1H3,(H2,25,26,29,30);/q;+1/p-1. The van der Waals surface area contributed by atoms with Crippen molar-refractivity contribution in [2.24, 2.45) is 5.92 Å². The molecule has 1 N–H and O–H groups in total. The van der Waals surface area contributed by atoms with Crippen molar-refractivity contribution in [3.05, 3.63) is 40.7 Å². The Morgan fingerprint density at radius 1 is 1.09 bits per heavy atom. The molecule has 9 heteroatoms. The van der Waals surface area contributed by atoms with E-state index in [1.54, 1.807) is 0 Å². The van der Waals surface area contributed by atoms with E-state index in [0.29, 0.717) is 32.4 Å². The van der Waals surface area contributed by atoms with Crippen molar-refractivity contribution < 1.29 is 86.8 Å². The van der Waals surface area contributed by atoms with Crippen LogP contribution in [-0.2, 0) is 36.8 Å². The molecule has 33 heavy (non-hydrogen) atoms. The molecule has 1 aromatic rings. The first-order chi connectivity index (χ1) is 15.5. The summed E-state index contributed by atoms with van der Waals surface area (Å²) in [5.41, 5.74) is 1.71. The minimum Gasteiger partial charge on any atom is -0.648 e. The molecule has 176 valence electrons. The summed E-state index contributed by atoms with van der Waals surface area (Å²) in [5, 5.41) is 6.58. The van der Waals surface area contributed by atoms with Gasteiger partial charge in [-0.1, -0.05) is 43.2 Å². The minimum atomic E-state index is -0.448. The zero-order chi connectivity index (χ0) is 23.2. The largest absolute Gasteiger partial charge is 1.00 e. The maximum atomic E-state index is 12.4. The number of benzene rings is 1. The topological polar surface area (TPSA) is 113 Å². The molecule has 1 aliphatic carbocycles. The molecule has 1 aliphatic rings. The molecule has 0 radical (unpaired) electrons. The molecule has 1 atom stereocenters. The second-order valence-electron chi connectivity index (χ2n) is 7.90. The molecule has 0 saturated heterocycles. The summed E-state index contributed by atoms with van der Waals surface area (Å²) in [4.78, 5) is 47.4. The number of rotatable bonds is 13. The predicted octanol–water partition coefficient (Wildman–Crippen LogP) is 0.505. The van der Waals surface area contributed by atoms with Gasteiger partial charge in [-0.3, -0.25) is 9.59 Å². The predicted molar refractivity (Wildman–Crippen MR) is 119 cm³/mol. The Hall–Kier alpha value is -0.935. The maximum absolute atomic E-state index is 12.4. The third kappa shape index (κ3) is 12.4. The zero-order valence-corrected chi connectivity index (χ0v) is 24.7. The van der Waals surface area contributed by atoms with Crippen LogP contribution < -0.4 is 63.5 Å². The smallest absolute Gasteiger partial charge is 0.648 e. The van der Waals surface area contributed by atoms with E-state index in [0.717, 1.165) is 30.4 Å². The molecule has 0 bridgehead atoms. The fourth-order valence-electron chi connectivity index (χ4n) is 3.40. The van der Waals surface area contributed by atoms with E-state index in [4.69, 9.17) is 9.47 Å². The number of nitrogens with one attached hydrogen (secondary N) is 1. The first-order valence-corrected chi connectivity index (χ1v) is 11.3. The van der Waals surface area contributed by atoms with Crippen molar-refractivity contribution in [1.82, 2.24) is 5.32 Å². The van der Waals surface area contributed by atoms with Crippen molar-refractivity contribution in [1.29, 1.82) is 0 Å². The molecular formula is C24H33N2O6Rb. The summed E-state index contributed by atoms with van der Waals surface area (Å²) in [6, 6.07) is 7.36. The minimum absolute atomic E-state index is 0. The van der Waals surface area contributed by atoms with E-state index in [2.05, 4.69) is 10.6 Å². The van der Waals surface area contributed by atoms with Crippen molar-refractivity contribution in [2.45, 2.75) is 58.4 Å². The first kappa shape index (κ1) is 30.1. The van der Waals surface area contributed by atoms with Gasteiger partial charge in [-0.25, -0.2) is 4.79 Å². The van der Waals surface area contributed by atoms with E-state index < -0.39 is 12.0 Å². The number of hydrogen-bond acceptors (Lipinski definition) is 6. The third-order valence-electron chi connectivity index (χ3n) is 5.19. The van der Waals surface area contributed by atoms with Gasteiger partial charge in [0.25, 0.3) is 0 Å². The summed E-state index contributed by atoms with van der Waals surface area (Å²) in [5.74, 6) is -0.739. The molecule has 0 heterocycles. The Kier molecular flexibility index (Phi) is 16.0. The van der Waals surface area contributed by atoms with Crippen molar-refractivity contribution in [3.63, 3.8) is 0 Å². The Bertz CT molecular complexity index is 769. The van der Waals surface area contributed by atoms with Gasteiger partial charge >= 0.3 is 64.3 Å². The van der Waals surface area contributed by atoms with Gasteiger partial charge in [-0.05, 0) is 24.8 Å². The number of ketones is 2. The molecular weight excluding hydrogens is 498 g/mol.